The molecule has 0 saturated carbocycles. The number of aromatic nitrogens is 4. The number of methoxy groups -OCH3 is 1. The van der Waals surface area contributed by atoms with E-state index in [4.69, 9.17) is 32.5 Å². The van der Waals surface area contributed by atoms with E-state index < -0.39 is 5.97 Å². The number of nitrogens with two attached hydrogens (primary N) is 2. The summed E-state index contributed by atoms with van der Waals surface area (Å²) < 4.78 is 15.1. The van der Waals surface area contributed by atoms with Gasteiger partial charge in [0.2, 0.25) is 0 Å². The lowest BCUT2D eigenvalue weighted by molar-refractivity contribution is -0.678. The summed E-state index contributed by atoms with van der Waals surface area (Å²) in [6.45, 7) is 5.52. The summed E-state index contributed by atoms with van der Waals surface area (Å²) >= 11 is 5.90. The molecule has 4 N–H and O–H groups in total. The van der Waals surface area contributed by atoms with Gasteiger partial charge in [-0.25, -0.2) is 23.9 Å². The van der Waals surface area contributed by atoms with Gasteiger partial charge in [0.15, 0.2) is 40.1 Å². The van der Waals surface area contributed by atoms with Crippen molar-refractivity contribution in [2.24, 2.45) is 0 Å². The largest absolute Gasteiger partial charge is 0.497 e. The minimum absolute atomic E-state index is 0.0240. The predicted molar refractivity (Wildman–Crippen MR) is 130 cm³/mol. The molecule has 0 aliphatic rings. The third kappa shape index (κ3) is 4.22. The van der Waals surface area contributed by atoms with Gasteiger partial charge in [-0.2, -0.15) is 0 Å². The first-order chi connectivity index (χ1) is 16.4. The van der Waals surface area contributed by atoms with Crippen molar-refractivity contribution in [1.82, 2.24) is 14.5 Å². The van der Waals surface area contributed by atoms with E-state index in [0.717, 1.165) is 33.7 Å². The molecule has 9 nitrogen and oxygen atoms in total. The molecule has 0 spiro atoms. The Morgan fingerprint density at radius 1 is 1.06 bits per heavy atom. The normalized spacial score (nSPS) is 11.1. The Labute approximate surface area is 201 Å². The number of nitrogens with zero attached hydrogens (tertiary/aromatic N) is 4. The van der Waals surface area contributed by atoms with Crippen LogP contribution in [0.1, 0.15) is 30.2 Å². The molecule has 2 aromatic carbocycles. The maximum absolute atomic E-state index is 12.7. The Morgan fingerprint density at radius 3 is 2.41 bits per heavy atom. The van der Waals surface area contributed by atoms with E-state index in [1.165, 1.54) is 0 Å². The van der Waals surface area contributed by atoms with E-state index in [0.29, 0.717) is 13.1 Å². The maximum Gasteiger partial charge on any atom is 0.361 e. The zero-order chi connectivity index (χ0) is 24.4. The van der Waals surface area contributed by atoms with E-state index in [-0.39, 0.29) is 29.1 Å². The maximum atomic E-state index is 12.7. The fraction of sp³-hybridized carbons (Fsp3) is 0.250. The molecule has 0 aliphatic heterocycles. The van der Waals surface area contributed by atoms with Crippen molar-refractivity contribution in [1.29, 1.82) is 0 Å². The summed E-state index contributed by atoms with van der Waals surface area (Å²) in [5.41, 5.74) is 15.5. The third-order valence-corrected chi connectivity index (χ3v) is 5.94. The first-order valence-electron chi connectivity index (χ1n) is 10.8. The molecular formula is C24H26ClN6O3+. The fourth-order valence-corrected chi connectivity index (χ4v) is 4.13. The molecule has 0 fully saturated rings. The number of carbonyl (C=O) groups excluding carboxylic acids is 1. The van der Waals surface area contributed by atoms with E-state index in [2.05, 4.69) is 37.3 Å². The van der Waals surface area contributed by atoms with Gasteiger partial charge in [-0.15, -0.1) is 0 Å². The van der Waals surface area contributed by atoms with E-state index in [1.54, 1.807) is 7.11 Å². The molecule has 0 radical (unpaired) electrons. The molecule has 4 rings (SSSR count). The number of halogens is 1. The summed E-state index contributed by atoms with van der Waals surface area (Å²) in [5.74, 6) is 0.755. The van der Waals surface area contributed by atoms with E-state index in [1.807, 2.05) is 38.1 Å². The highest BCUT2D eigenvalue weighted by atomic mass is 35.5. The van der Waals surface area contributed by atoms with Gasteiger partial charge >= 0.3 is 5.97 Å². The number of anilines is 2. The van der Waals surface area contributed by atoms with Crippen molar-refractivity contribution < 1.29 is 18.8 Å². The summed E-state index contributed by atoms with van der Waals surface area (Å²) in [6.07, 6.45) is 0. The summed E-state index contributed by atoms with van der Waals surface area (Å²) in [5, 5.41) is -0.0986. The molecule has 0 bridgehead atoms. The Morgan fingerprint density at radius 2 is 1.76 bits per heavy atom. The van der Waals surface area contributed by atoms with Crippen molar-refractivity contribution in [3.63, 3.8) is 0 Å². The van der Waals surface area contributed by atoms with Gasteiger partial charge in [-0.3, -0.25) is 0 Å². The Bertz CT molecular complexity index is 1370. The topological polar surface area (TPSA) is 122 Å². The van der Waals surface area contributed by atoms with Crippen LogP contribution in [-0.4, -0.2) is 27.6 Å². The molecule has 0 atom stereocenters. The van der Waals surface area contributed by atoms with Crippen molar-refractivity contribution in [3.05, 3.63) is 59.1 Å². The van der Waals surface area contributed by atoms with Crippen LogP contribution in [0.2, 0.25) is 5.15 Å². The molecule has 34 heavy (non-hydrogen) atoms. The van der Waals surface area contributed by atoms with Crippen molar-refractivity contribution in [2.45, 2.75) is 33.5 Å². The number of carbonyl (C=O) groups is 1. The lowest BCUT2D eigenvalue weighted by Crippen LogP contribution is -2.37. The number of ether oxygens (including phenoxy) is 2. The van der Waals surface area contributed by atoms with Gasteiger partial charge in [0.05, 0.1) is 20.2 Å². The molecule has 4 aromatic rings. The zero-order valence-corrected chi connectivity index (χ0v) is 20.0. The van der Waals surface area contributed by atoms with Crippen molar-refractivity contribution >= 4 is 40.2 Å². The lowest BCUT2D eigenvalue weighted by atomic mass is 10.0. The highest BCUT2D eigenvalue weighted by Crippen LogP contribution is 2.27. The Balaban J connectivity index is 1.69. The standard InChI is InChI=1S/C24H25ClN6O3/c1-4-30-17-11-8-15(14-6-9-16(33-3)10-7-14)12-18(17)31(5-2)19(30)13-34-24(32)20-22(26)29-23(27)21(25)28-20/h6-12H,4-5,13H2,1-3H3,(H3-,26,27,29,32)/p+1. The Kier molecular flexibility index (Phi) is 6.56. The first kappa shape index (κ1) is 23.3. The average molecular weight is 482 g/mol. The van der Waals surface area contributed by atoms with Gasteiger partial charge in [0.1, 0.15) is 5.75 Å². The Hall–Kier alpha value is -3.85. The number of aryl methyl sites for hydroxylation is 2. The SMILES string of the molecule is CCn1c(COC(=O)c2nc(Cl)c(N)nc2N)[n+](CC)c2ccc(-c3ccc(OC)cc3)cc21. The van der Waals surface area contributed by atoms with Crippen LogP contribution in [0.3, 0.4) is 0 Å². The number of hydrogen-bond acceptors (Lipinski definition) is 7. The molecule has 10 heteroatoms. The molecule has 0 amide bonds. The number of hydrogen-bond donors (Lipinski definition) is 2. The van der Waals surface area contributed by atoms with Gasteiger partial charge in [-0.1, -0.05) is 23.7 Å². The van der Waals surface area contributed by atoms with Gasteiger partial charge < -0.3 is 20.9 Å². The quantitative estimate of drug-likeness (QED) is 0.305. The molecule has 0 aliphatic carbocycles. The summed E-state index contributed by atoms with van der Waals surface area (Å²) in [4.78, 5) is 20.4. The van der Waals surface area contributed by atoms with Crippen molar-refractivity contribution in [2.75, 3.05) is 18.6 Å². The number of esters is 1. The summed E-state index contributed by atoms with van der Waals surface area (Å²) in [6, 6.07) is 14.2. The van der Waals surface area contributed by atoms with Gasteiger partial charge in [0.25, 0.3) is 5.82 Å². The van der Waals surface area contributed by atoms with E-state index >= 15 is 0 Å². The summed E-state index contributed by atoms with van der Waals surface area (Å²) in [7, 11) is 1.65. The van der Waals surface area contributed by atoms with Crippen molar-refractivity contribution in [3.8, 4) is 16.9 Å². The molecule has 176 valence electrons. The van der Waals surface area contributed by atoms with Crippen LogP contribution in [0.25, 0.3) is 22.2 Å². The van der Waals surface area contributed by atoms with Crippen LogP contribution in [0, 0.1) is 0 Å². The molecule has 0 unspecified atom stereocenters. The minimum atomic E-state index is -0.721. The third-order valence-electron chi connectivity index (χ3n) is 5.67. The molecular weight excluding hydrogens is 456 g/mol. The highest BCUT2D eigenvalue weighted by molar-refractivity contribution is 6.31. The first-order valence-corrected chi connectivity index (χ1v) is 11.2. The van der Waals surface area contributed by atoms with Crippen LogP contribution in [-0.2, 0) is 24.4 Å². The van der Waals surface area contributed by atoms with Crippen LogP contribution in [0.15, 0.2) is 42.5 Å². The lowest BCUT2D eigenvalue weighted by Gasteiger charge is -2.07. The van der Waals surface area contributed by atoms with Gasteiger partial charge in [-0.05, 0) is 55.3 Å². The molecule has 2 aromatic heterocycles. The number of fused-ring (bicyclic) bond motifs is 1. The number of rotatable bonds is 7. The number of nitrogen functional groups attached to an aromatic ring is 2. The average Bonchev–Trinajstić information content (AvgIpc) is 3.16. The molecule has 0 saturated heterocycles. The van der Waals surface area contributed by atoms with Crippen LogP contribution in [0.4, 0.5) is 11.6 Å². The van der Waals surface area contributed by atoms with E-state index in [9.17, 15) is 4.79 Å². The number of benzene rings is 2. The monoisotopic (exact) mass is 481 g/mol. The second-order valence-electron chi connectivity index (χ2n) is 7.55. The fourth-order valence-electron chi connectivity index (χ4n) is 4.01. The predicted octanol–water partition coefficient (Wildman–Crippen LogP) is 3.61. The van der Waals surface area contributed by atoms with Crippen LogP contribution < -0.4 is 20.8 Å². The van der Waals surface area contributed by atoms with Crippen LogP contribution >= 0.6 is 11.6 Å². The highest BCUT2D eigenvalue weighted by Gasteiger charge is 2.26. The second-order valence-corrected chi connectivity index (χ2v) is 7.90. The second kappa shape index (κ2) is 9.56. The van der Waals surface area contributed by atoms with Crippen LogP contribution in [0.5, 0.6) is 5.75 Å². The zero-order valence-electron chi connectivity index (χ0n) is 19.2. The number of imidazole rings is 1. The molecule has 2 heterocycles. The smallest absolute Gasteiger partial charge is 0.361 e. The minimum Gasteiger partial charge on any atom is -0.497 e. The van der Waals surface area contributed by atoms with Gasteiger partial charge in [0, 0.05) is 0 Å².